The van der Waals surface area contributed by atoms with Gasteiger partial charge in [-0.05, 0) is 30.5 Å². The van der Waals surface area contributed by atoms with Crippen molar-refractivity contribution in [2.75, 3.05) is 14.2 Å². The molecule has 0 atom stereocenters. The molecule has 1 saturated carbocycles. The molecule has 1 aromatic carbocycles. The van der Waals surface area contributed by atoms with Crippen LogP contribution in [0, 0.1) is 5.41 Å². The van der Waals surface area contributed by atoms with Gasteiger partial charge in [-0.3, -0.25) is 4.79 Å². The molecule has 1 aromatic rings. The zero-order valence-corrected chi connectivity index (χ0v) is 12.0. The third kappa shape index (κ3) is 2.86. The van der Waals surface area contributed by atoms with Gasteiger partial charge in [0.15, 0.2) is 17.3 Å². The van der Waals surface area contributed by atoms with Gasteiger partial charge >= 0.3 is 0 Å². The van der Waals surface area contributed by atoms with E-state index >= 15 is 0 Å². The molecule has 0 heterocycles. The minimum absolute atomic E-state index is 0.0349. The molecule has 1 aliphatic carbocycles. The van der Waals surface area contributed by atoms with Crippen molar-refractivity contribution in [2.45, 2.75) is 19.4 Å². The van der Waals surface area contributed by atoms with Crippen LogP contribution in [0.25, 0.3) is 0 Å². The van der Waals surface area contributed by atoms with Gasteiger partial charge in [-0.1, -0.05) is 11.2 Å². The molecular weight excluding hydrogens is 274 g/mol. The molecule has 1 amide bonds. The first kappa shape index (κ1) is 15.0. The van der Waals surface area contributed by atoms with E-state index in [0.29, 0.717) is 30.9 Å². The Hall–Kier alpha value is -2.44. The lowest BCUT2D eigenvalue weighted by Gasteiger charge is -2.14. The summed E-state index contributed by atoms with van der Waals surface area (Å²) in [7, 11) is 3.12. The summed E-state index contributed by atoms with van der Waals surface area (Å²) >= 11 is 0. The van der Waals surface area contributed by atoms with Gasteiger partial charge < -0.3 is 25.7 Å². The van der Waals surface area contributed by atoms with E-state index in [2.05, 4.69) is 10.5 Å². The van der Waals surface area contributed by atoms with Crippen LogP contribution in [0.2, 0.25) is 0 Å². The number of hydrogen-bond acceptors (Lipinski definition) is 5. The standard InChI is InChI=1S/C14H19N3O4/c1-20-10-4-3-9(7-11(10)21-2)8-16-13(18)14(5-6-14)12(15)17-19/h3-4,7,19H,5-6,8H2,1-2H3,(H2,15,17)(H,16,18). The first-order valence-electron chi connectivity index (χ1n) is 6.54. The van der Waals surface area contributed by atoms with Crippen LogP contribution in [-0.2, 0) is 11.3 Å². The zero-order chi connectivity index (χ0) is 15.5. The molecule has 1 aliphatic rings. The van der Waals surface area contributed by atoms with Crippen molar-refractivity contribution in [1.29, 1.82) is 0 Å². The van der Waals surface area contributed by atoms with Gasteiger partial charge in [0.25, 0.3) is 0 Å². The van der Waals surface area contributed by atoms with Crippen LogP contribution in [-0.4, -0.2) is 31.2 Å². The molecule has 0 saturated heterocycles. The van der Waals surface area contributed by atoms with Gasteiger partial charge in [-0.2, -0.15) is 0 Å². The molecule has 7 heteroatoms. The average molecular weight is 293 g/mol. The fourth-order valence-electron chi connectivity index (χ4n) is 2.16. The topological polar surface area (TPSA) is 106 Å². The average Bonchev–Trinajstić information content (AvgIpc) is 3.33. The summed E-state index contributed by atoms with van der Waals surface area (Å²) in [5.41, 5.74) is 5.60. The van der Waals surface area contributed by atoms with E-state index in [1.807, 2.05) is 6.07 Å². The molecule has 4 N–H and O–H groups in total. The fourth-order valence-corrected chi connectivity index (χ4v) is 2.16. The first-order chi connectivity index (χ1) is 10.1. The van der Waals surface area contributed by atoms with Crippen LogP contribution in [0.15, 0.2) is 23.4 Å². The van der Waals surface area contributed by atoms with Crippen molar-refractivity contribution in [3.05, 3.63) is 23.8 Å². The molecule has 0 unspecified atom stereocenters. The largest absolute Gasteiger partial charge is 0.493 e. The number of rotatable bonds is 6. The van der Waals surface area contributed by atoms with Crippen LogP contribution in [0.1, 0.15) is 18.4 Å². The number of hydrogen-bond donors (Lipinski definition) is 3. The monoisotopic (exact) mass is 293 g/mol. The summed E-state index contributed by atoms with van der Waals surface area (Å²) in [5.74, 6) is 0.963. The second-order valence-electron chi connectivity index (χ2n) is 4.94. The third-order valence-corrected chi connectivity index (χ3v) is 3.68. The van der Waals surface area contributed by atoms with Crippen LogP contribution in [0.4, 0.5) is 0 Å². The van der Waals surface area contributed by atoms with E-state index in [4.69, 9.17) is 20.4 Å². The van der Waals surface area contributed by atoms with Crippen molar-refractivity contribution in [3.8, 4) is 11.5 Å². The van der Waals surface area contributed by atoms with Crippen molar-refractivity contribution in [2.24, 2.45) is 16.3 Å². The molecular formula is C14H19N3O4. The Labute approximate surface area is 122 Å². The van der Waals surface area contributed by atoms with Gasteiger partial charge in [0.1, 0.15) is 5.41 Å². The lowest BCUT2D eigenvalue weighted by molar-refractivity contribution is -0.124. The quantitative estimate of drug-likeness (QED) is 0.312. The van der Waals surface area contributed by atoms with Crippen molar-refractivity contribution < 1.29 is 19.5 Å². The number of nitrogens with two attached hydrogens (primary N) is 1. The molecule has 0 spiro atoms. The summed E-state index contributed by atoms with van der Waals surface area (Å²) in [6.45, 7) is 0.333. The predicted octanol–water partition coefficient (Wildman–Crippen LogP) is 0.847. The lowest BCUT2D eigenvalue weighted by Crippen LogP contribution is -2.40. The third-order valence-electron chi connectivity index (χ3n) is 3.68. The number of carbonyl (C=O) groups excluding carboxylic acids is 1. The van der Waals surface area contributed by atoms with E-state index in [1.165, 1.54) is 0 Å². The highest BCUT2D eigenvalue weighted by Crippen LogP contribution is 2.46. The number of carbonyl (C=O) groups is 1. The molecule has 114 valence electrons. The molecule has 21 heavy (non-hydrogen) atoms. The SMILES string of the molecule is COc1ccc(CNC(=O)C2(/C(N)=N/O)CC2)cc1OC. The van der Waals surface area contributed by atoms with Crippen molar-refractivity contribution in [1.82, 2.24) is 5.32 Å². The highest BCUT2D eigenvalue weighted by Gasteiger charge is 2.54. The minimum atomic E-state index is -0.842. The Bertz CT molecular complexity index is 567. The summed E-state index contributed by atoms with van der Waals surface area (Å²) < 4.78 is 10.4. The summed E-state index contributed by atoms with van der Waals surface area (Å²) in [4.78, 5) is 12.1. The number of nitrogens with one attached hydrogen (secondary N) is 1. The number of amidine groups is 1. The Kier molecular flexibility index (Phi) is 4.21. The first-order valence-corrected chi connectivity index (χ1v) is 6.54. The van der Waals surface area contributed by atoms with Gasteiger partial charge in [-0.15, -0.1) is 0 Å². The second-order valence-corrected chi connectivity index (χ2v) is 4.94. The normalized spacial score (nSPS) is 16.2. The number of amides is 1. The molecule has 0 bridgehead atoms. The van der Waals surface area contributed by atoms with Crippen LogP contribution in [0.5, 0.6) is 11.5 Å². The Balaban J connectivity index is 2.02. The molecule has 2 rings (SSSR count). The van der Waals surface area contributed by atoms with E-state index in [1.54, 1.807) is 26.4 Å². The van der Waals surface area contributed by atoms with Gasteiger partial charge in [0.2, 0.25) is 5.91 Å². The maximum Gasteiger partial charge on any atom is 0.234 e. The molecule has 0 aliphatic heterocycles. The van der Waals surface area contributed by atoms with E-state index in [9.17, 15) is 4.79 Å². The van der Waals surface area contributed by atoms with Crippen molar-refractivity contribution >= 4 is 11.7 Å². The highest BCUT2D eigenvalue weighted by molar-refractivity contribution is 6.09. The molecule has 0 aromatic heterocycles. The number of ether oxygens (including phenoxy) is 2. The van der Waals surface area contributed by atoms with Crippen LogP contribution >= 0.6 is 0 Å². The van der Waals surface area contributed by atoms with Gasteiger partial charge in [0, 0.05) is 6.54 Å². The van der Waals surface area contributed by atoms with E-state index in [0.717, 1.165) is 5.56 Å². The second kappa shape index (κ2) is 5.90. The van der Waals surface area contributed by atoms with E-state index in [-0.39, 0.29) is 11.7 Å². The van der Waals surface area contributed by atoms with Crippen LogP contribution in [0.3, 0.4) is 0 Å². The summed E-state index contributed by atoms with van der Waals surface area (Å²) in [6.07, 6.45) is 1.20. The maximum atomic E-state index is 12.1. The number of benzene rings is 1. The zero-order valence-electron chi connectivity index (χ0n) is 12.0. The summed E-state index contributed by atoms with van der Waals surface area (Å²) in [5, 5.41) is 14.5. The van der Waals surface area contributed by atoms with Crippen molar-refractivity contribution in [3.63, 3.8) is 0 Å². The Morgan fingerprint density at radius 3 is 2.57 bits per heavy atom. The lowest BCUT2D eigenvalue weighted by atomic mass is 10.1. The Morgan fingerprint density at radius 2 is 2.05 bits per heavy atom. The van der Waals surface area contributed by atoms with Gasteiger partial charge in [0.05, 0.1) is 14.2 Å². The fraction of sp³-hybridized carbons (Fsp3) is 0.429. The predicted molar refractivity (Wildman–Crippen MR) is 76.5 cm³/mol. The number of methoxy groups -OCH3 is 2. The highest BCUT2D eigenvalue weighted by atomic mass is 16.5. The van der Waals surface area contributed by atoms with Crippen LogP contribution < -0.4 is 20.5 Å². The van der Waals surface area contributed by atoms with Gasteiger partial charge in [-0.25, -0.2) is 0 Å². The number of nitrogens with zero attached hydrogens (tertiary/aromatic N) is 1. The molecule has 7 nitrogen and oxygen atoms in total. The molecule has 0 radical (unpaired) electrons. The smallest absolute Gasteiger partial charge is 0.234 e. The Morgan fingerprint density at radius 1 is 1.38 bits per heavy atom. The summed E-state index contributed by atoms with van der Waals surface area (Å²) in [6, 6.07) is 5.41. The number of oxime groups is 1. The van der Waals surface area contributed by atoms with E-state index < -0.39 is 5.41 Å². The minimum Gasteiger partial charge on any atom is -0.493 e. The molecule has 1 fully saturated rings. The maximum absolute atomic E-state index is 12.1.